The first-order chi connectivity index (χ1) is 14.5. The van der Waals surface area contributed by atoms with Gasteiger partial charge in [-0.15, -0.1) is 0 Å². The third kappa shape index (κ3) is 9.45. The molecule has 0 aromatic heterocycles. The summed E-state index contributed by atoms with van der Waals surface area (Å²) in [6.45, 7) is 2.60. The molecule has 1 aliphatic heterocycles. The van der Waals surface area contributed by atoms with Crippen LogP contribution < -0.4 is 10.6 Å². The van der Waals surface area contributed by atoms with Crippen molar-refractivity contribution < 1.29 is 23.8 Å². The second-order valence-electron chi connectivity index (χ2n) is 7.89. The Bertz CT molecular complexity index is 633. The van der Waals surface area contributed by atoms with Crippen LogP contribution in [0.3, 0.4) is 0 Å². The molecular formula is C22H35N3O5. The maximum absolute atomic E-state index is 12.1. The average molecular weight is 422 g/mol. The van der Waals surface area contributed by atoms with Crippen LogP contribution in [0, 0.1) is 0 Å². The highest BCUT2D eigenvalue weighted by Gasteiger charge is 2.36. The lowest BCUT2D eigenvalue weighted by atomic mass is 9.95. The molecule has 1 saturated heterocycles. The van der Waals surface area contributed by atoms with E-state index in [9.17, 15) is 9.59 Å². The predicted molar refractivity (Wildman–Crippen MR) is 115 cm³/mol. The third-order valence-electron chi connectivity index (χ3n) is 4.94. The SMILES string of the molecule is CN(C)CCCNC(=O)OCC1(COC(=O)NCCc2ccccc2)CCCCO1. The van der Waals surface area contributed by atoms with Crippen LogP contribution in [-0.4, -0.2) is 76.2 Å². The summed E-state index contributed by atoms with van der Waals surface area (Å²) >= 11 is 0. The van der Waals surface area contributed by atoms with Crippen molar-refractivity contribution in [3.05, 3.63) is 35.9 Å². The van der Waals surface area contributed by atoms with Crippen LogP contribution in [0.25, 0.3) is 0 Å². The highest BCUT2D eigenvalue weighted by Crippen LogP contribution is 2.26. The molecule has 2 N–H and O–H groups in total. The summed E-state index contributed by atoms with van der Waals surface area (Å²) in [7, 11) is 3.97. The Balaban J connectivity index is 1.70. The molecule has 0 bridgehead atoms. The molecule has 0 spiro atoms. The number of carbonyl (C=O) groups excluding carboxylic acids is 2. The first-order valence-electron chi connectivity index (χ1n) is 10.6. The summed E-state index contributed by atoms with van der Waals surface area (Å²) in [5.41, 5.74) is 0.366. The number of amides is 2. The monoisotopic (exact) mass is 421 g/mol. The standard InChI is InChI=1S/C22H35N3O5/c1-25(2)15-8-13-23-20(26)28-17-22(12-6-7-16-30-22)18-29-21(27)24-14-11-19-9-4-3-5-10-19/h3-5,9-10H,6-8,11-18H2,1-2H3,(H,23,26)(H,24,27). The van der Waals surface area contributed by atoms with Crippen molar-refractivity contribution in [2.75, 3.05) is 53.6 Å². The van der Waals surface area contributed by atoms with E-state index < -0.39 is 17.8 Å². The Morgan fingerprint density at radius 1 is 1.03 bits per heavy atom. The Morgan fingerprint density at radius 2 is 1.70 bits per heavy atom. The highest BCUT2D eigenvalue weighted by molar-refractivity contribution is 5.67. The zero-order chi connectivity index (χ0) is 21.7. The minimum atomic E-state index is -0.782. The van der Waals surface area contributed by atoms with E-state index in [1.807, 2.05) is 44.4 Å². The number of nitrogens with one attached hydrogen (secondary N) is 2. The molecular weight excluding hydrogens is 386 g/mol. The van der Waals surface area contributed by atoms with Crippen LogP contribution in [0.15, 0.2) is 30.3 Å². The molecule has 168 valence electrons. The van der Waals surface area contributed by atoms with E-state index in [4.69, 9.17) is 14.2 Å². The maximum Gasteiger partial charge on any atom is 0.407 e. The molecule has 1 aromatic rings. The molecule has 1 atom stereocenters. The molecule has 2 rings (SSSR count). The number of alkyl carbamates (subject to hydrolysis) is 2. The lowest BCUT2D eigenvalue weighted by Gasteiger charge is -2.36. The van der Waals surface area contributed by atoms with Crippen molar-refractivity contribution in [2.24, 2.45) is 0 Å². The first kappa shape index (κ1) is 24.0. The van der Waals surface area contributed by atoms with Gasteiger partial charge in [-0.3, -0.25) is 0 Å². The van der Waals surface area contributed by atoms with Gasteiger partial charge in [-0.05, 0) is 58.3 Å². The second-order valence-corrected chi connectivity index (χ2v) is 7.89. The number of benzene rings is 1. The van der Waals surface area contributed by atoms with Gasteiger partial charge in [-0.2, -0.15) is 0 Å². The van der Waals surface area contributed by atoms with Crippen molar-refractivity contribution in [3.8, 4) is 0 Å². The van der Waals surface area contributed by atoms with Gasteiger partial charge in [0, 0.05) is 19.7 Å². The van der Waals surface area contributed by atoms with E-state index >= 15 is 0 Å². The van der Waals surface area contributed by atoms with Crippen LogP contribution >= 0.6 is 0 Å². The van der Waals surface area contributed by atoms with Crippen molar-refractivity contribution in [3.63, 3.8) is 0 Å². The van der Waals surface area contributed by atoms with E-state index in [1.165, 1.54) is 0 Å². The number of rotatable bonds is 11. The zero-order valence-electron chi connectivity index (χ0n) is 18.2. The minimum Gasteiger partial charge on any atom is -0.446 e. The Labute approximate surface area is 179 Å². The molecule has 1 aliphatic rings. The summed E-state index contributed by atoms with van der Waals surface area (Å²) in [6, 6.07) is 9.93. The molecule has 8 heteroatoms. The topological polar surface area (TPSA) is 89.1 Å². The van der Waals surface area contributed by atoms with Gasteiger partial charge in [0.2, 0.25) is 0 Å². The van der Waals surface area contributed by atoms with E-state index in [-0.39, 0.29) is 13.2 Å². The normalized spacial score (nSPS) is 18.6. The van der Waals surface area contributed by atoms with Gasteiger partial charge in [-0.25, -0.2) is 9.59 Å². The van der Waals surface area contributed by atoms with E-state index in [2.05, 4.69) is 15.5 Å². The van der Waals surface area contributed by atoms with Crippen molar-refractivity contribution in [1.82, 2.24) is 15.5 Å². The summed E-state index contributed by atoms with van der Waals surface area (Å²) < 4.78 is 16.6. The third-order valence-corrected chi connectivity index (χ3v) is 4.94. The largest absolute Gasteiger partial charge is 0.446 e. The maximum atomic E-state index is 12.1. The number of carbonyl (C=O) groups is 2. The summed E-state index contributed by atoms with van der Waals surface area (Å²) in [5, 5.41) is 5.50. The number of ether oxygens (including phenoxy) is 3. The molecule has 2 amide bonds. The molecule has 0 saturated carbocycles. The lowest BCUT2D eigenvalue weighted by molar-refractivity contribution is -0.134. The Kier molecular flexibility index (Phi) is 10.4. The fourth-order valence-corrected chi connectivity index (χ4v) is 3.21. The molecule has 1 unspecified atom stereocenters. The van der Waals surface area contributed by atoms with Gasteiger partial charge in [0.15, 0.2) is 0 Å². The van der Waals surface area contributed by atoms with Crippen molar-refractivity contribution >= 4 is 12.2 Å². The molecule has 1 heterocycles. The quantitative estimate of drug-likeness (QED) is 0.534. The van der Waals surface area contributed by atoms with E-state index in [1.54, 1.807) is 0 Å². The molecule has 0 radical (unpaired) electrons. The minimum absolute atomic E-state index is 0.0537. The van der Waals surface area contributed by atoms with Crippen LogP contribution in [0.1, 0.15) is 31.2 Å². The van der Waals surface area contributed by atoms with Gasteiger partial charge in [0.25, 0.3) is 0 Å². The predicted octanol–water partition coefficient (Wildman–Crippen LogP) is 2.57. The molecule has 8 nitrogen and oxygen atoms in total. The zero-order valence-corrected chi connectivity index (χ0v) is 18.2. The first-order valence-corrected chi connectivity index (χ1v) is 10.6. The van der Waals surface area contributed by atoms with Crippen molar-refractivity contribution in [2.45, 2.75) is 37.7 Å². The van der Waals surface area contributed by atoms with Gasteiger partial charge in [0.05, 0.1) is 0 Å². The fraction of sp³-hybridized carbons (Fsp3) is 0.636. The van der Waals surface area contributed by atoms with Gasteiger partial charge >= 0.3 is 12.2 Å². The Morgan fingerprint density at radius 3 is 2.30 bits per heavy atom. The molecule has 0 aliphatic carbocycles. The summed E-state index contributed by atoms with van der Waals surface area (Å²) in [6.07, 6.45) is 3.17. The van der Waals surface area contributed by atoms with Crippen LogP contribution in [0.5, 0.6) is 0 Å². The summed E-state index contributed by atoms with van der Waals surface area (Å²) in [4.78, 5) is 26.1. The fourth-order valence-electron chi connectivity index (χ4n) is 3.21. The number of hydrogen-bond donors (Lipinski definition) is 2. The van der Waals surface area contributed by atoms with Gasteiger partial charge < -0.3 is 29.7 Å². The van der Waals surface area contributed by atoms with Crippen LogP contribution in [0.4, 0.5) is 9.59 Å². The number of nitrogens with zero attached hydrogens (tertiary/aromatic N) is 1. The second kappa shape index (κ2) is 13.1. The van der Waals surface area contributed by atoms with Crippen LogP contribution in [-0.2, 0) is 20.6 Å². The van der Waals surface area contributed by atoms with Crippen molar-refractivity contribution in [1.29, 1.82) is 0 Å². The van der Waals surface area contributed by atoms with E-state index in [0.717, 1.165) is 37.8 Å². The highest BCUT2D eigenvalue weighted by atomic mass is 16.6. The van der Waals surface area contributed by atoms with Gasteiger partial charge in [-0.1, -0.05) is 30.3 Å². The average Bonchev–Trinajstić information content (AvgIpc) is 2.75. The van der Waals surface area contributed by atoms with Gasteiger partial charge in [0.1, 0.15) is 18.8 Å². The molecule has 1 aromatic carbocycles. The lowest BCUT2D eigenvalue weighted by Crippen LogP contribution is -2.48. The van der Waals surface area contributed by atoms with E-state index in [0.29, 0.717) is 26.1 Å². The smallest absolute Gasteiger partial charge is 0.407 e. The molecule has 30 heavy (non-hydrogen) atoms. The number of hydrogen-bond acceptors (Lipinski definition) is 6. The Hall–Kier alpha value is -2.32. The van der Waals surface area contributed by atoms with Crippen LogP contribution in [0.2, 0.25) is 0 Å². The molecule has 1 fully saturated rings. The summed E-state index contributed by atoms with van der Waals surface area (Å²) in [5.74, 6) is 0.